The SMILES string of the molecule is CN(CC(C)(C)C)c1ccc(C=O)cc1C#N. The molecule has 0 fully saturated rings. The van der Waals surface area contributed by atoms with Gasteiger partial charge in [0, 0.05) is 19.2 Å². The van der Waals surface area contributed by atoms with Crippen LogP contribution in [0.4, 0.5) is 5.69 Å². The zero-order valence-corrected chi connectivity index (χ0v) is 10.8. The highest BCUT2D eigenvalue weighted by Gasteiger charge is 2.16. The van der Waals surface area contributed by atoms with Gasteiger partial charge in [-0.15, -0.1) is 0 Å². The van der Waals surface area contributed by atoms with E-state index in [0.29, 0.717) is 11.1 Å². The molecule has 0 radical (unpaired) electrons. The van der Waals surface area contributed by atoms with Gasteiger partial charge in [-0.2, -0.15) is 5.26 Å². The zero-order chi connectivity index (χ0) is 13.1. The normalized spacial score (nSPS) is 10.8. The van der Waals surface area contributed by atoms with Crippen molar-refractivity contribution in [3.8, 4) is 6.07 Å². The summed E-state index contributed by atoms with van der Waals surface area (Å²) in [6.45, 7) is 7.29. The number of anilines is 1. The Hall–Kier alpha value is -1.82. The van der Waals surface area contributed by atoms with Crippen LogP contribution in [0.3, 0.4) is 0 Å². The lowest BCUT2D eigenvalue weighted by Gasteiger charge is -2.28. The van der Waals surface area contributed by atoms with Gasteiger partial charge in [-0.3, -0.25) is 4.79 Å². The number of carbonyl (C=O) groups is 1. The van der Waals surface area contributed by atoms with Crippen LogP contribution in [0.25, 0.3) is 0 Å². The molecule has 0 aromatic heterocycles. The van der Waals surface area contributed by atoms with E-state index in [1.54, 1.807) is 12.1 Å². The van der Waals surface area contributed by atoms with Crippen molar-refractivity contribution in [1.82, 2.24) is 0 Å². The standard InChI is InChI=1S/C14H18N2O/c1-14(2,3)10-16(4)13-6-5-11(9-17)7-12(13)8-15/h5-7,9H,10H2,1-4H3. The summed E-state index contributed by atoms with van der Waals surface area (Å²) in [5.74, 6) is 0. The summed E-state index contributed by atoms with van der Waals surface area (Å²) in [6, 6.07) is 7.33. The molecule has 0 heterocycles. The number of aldehydes is 1. The molecule has 0 saturated carbocycles. The lowest BCUT2D eigenvalue weighted by molar-refractivity contribution is 0.112. The molecule has 0 N–H and O–H groups in total. The number of hydrogen-bond acceptors (Lipinski definition) is 3. The van der Waals surface area contributed by atoms with Crippen LogP contribution in [0.5, 0.6) is 0 Å². The van der Waals surface area contributed by atoms with Gasteiger partial charge in [0.15, 0.2) is 0 Å². The molecule has 0 amide bonds. The predicted octanol–water partition coefficient (Wildman–Crippen LogP) is 2.85. The van der Waals surface area contributed by atoms with Crippen LogP contribution in [-0.4, -0.2) is 19.9 Å². The minimum absolute atomic E-state index is 0.158. The molecule has 0 atom stereocenters. The molecular weight excluding hydrogens is 212 g/mol. The van der Waals surface area contributed by atoms with Gasteiger partial charge in [0.1, 0.15) is 12.4 Å². The van der Waals surface area contributed by atoms with E-state index in [1.165, 1.54) is 0 Å². The minimum Gasteiger partial charge on any atom is -0.373 e. The average molecular weight is 230 g/mol. The molecule has 0 bridgehead atoms. The Balaban J connectivity index is 3.06. The van der Waals surface area contributed by atoms with Crippen LogP contribution in [0.1, 0.15) is 36.7 Å². The van der Waals surface area contributed by atoms with E-state index in [4.69, 9.17) is 5.26 Å². The van der Waals surface area contributed by atoms with Gasteiger partial charge in [-0.1, -0.05) is 20.8 Å². The largest absolute Gasteiger partial charge is 0.373 e. The van der Waals surface area contributed by atoms with Crippen molar-refractivity contribution in [2.24, 2.45) is 5.41 Å². The van der Waals surface area contributed by atoms with Crippen LogP contribution >= 0.6 is 0 Å². The van der Waals surface area contributed by atoms with Crippen molar-refractivity contribution in [2.75, 3.05) is 18.5 Å². The Labute approximate surface area is 103 Å². The second kappa shape index (κ2) is 5.01. The molecular formula is C14H18N2O. The molecule has 3 heteroatoms. The Morgan fingerprint density at radius 1 is 1.41 bits per heavy atom. The second-order valence-corrected chi connectivity index (χ2v) is 5.42. The van der Waals surface area contributed by atoms with Crippen molar-refractivity contribution in [1.29, 1.82) is 5.26 Å². The van der Waals surface area contributed by atoms with Gasteiger partial charge in [0.2, 0.25) is 0 Å². The molecule has 3 nitrogen and oxygen atoms in total. The first-order valence-electron chi connectivity index (χ1n) is 5.58. The van der Waals surface area contributed by atoms with Crippen LogP contribution < -0.4 is 4.90 Å². The van der Waals surface area contributed by atoms with Gasteiger partial charge in [-0.25, -0.2) is 0 Å². The molecule has 0 aliphatic carbocycles. The van der Waals surface area contributed by atoms with Crippen LogP contribution in [0.2, 0.25) is 0 Å². The molecule has 0 aliphatic heterocycles. The van der Waals surface area contributed by atoms with Gasteiger partial charge in [-0.05, 0) is 23.6 Å². The first-order chi connectivity index (χ1) is 7.87. The lowest BCUT2D eigenvalue weighted by Crippen LogP contribution is -2.29. The topological polar surface area (TPSA) is 44.1 Å². The smallest absolute Gasteiger partial charge is 0.150 e. The Morgan fingerprint density at radius 3 is 2.53 bits per heavy atom. The number of nitrogens with zero attached hydrogens (tertiary/aromatic N) is 2. The summed E-state index contributed by atoms with van der Waals surface area (Å²) in [5.41, 5.74) is 2.11. The number of rotatable bonds is 3. The summed E-state index contributed by atoms with van der Waals surface area (Å²) in [5, 5.41) is 9.09. The van der Waals surface area contributed by atoms with E-state index in [9.17, 15) is 4.79 Å². The fraction of sp³-hybridized carbons (Fsp3) is 0.429. The van der Waals surface area contributed by atoms with Gasteiger partial charge < -0.3 is 4.90 Å². The van der Waals surface area contributed by atoms with E-state index in [2.05, 4.69) is 26.8 Å². The second-order valence-electron chi connectivity index (χ2n) is 5.42. The predicted molar refractivity (Wildman–Crippen MR) is 69.3 cm³/mol. The fourth-order valence-electron chi connectivity index (χ4n) is 1.85. The number of carbonyl (C=O) groups excluding carboxylic acids is 1. The molecule has 0 spiro atoms. The third kappa shape index (κ3) is 3.60. The number of hydrogen-bond donors (Lipinski definition) is 0. The van der Waals surface area contributed by atoms with Crippen molar-refractivity contribution < 1.29 is 4.79 Å². The average Bonchev–Trinajstić information content (AvgIpc) is 2.25. The van der Waals surface area contributed by atoms with E-state index >= 15 is 0 Å². The van der Waals surface area contributed by atoms with Gasteiger partial charge >= 0.3 is 0 Å². The third-order valence-corrected chi connectivity index (χ3v) is 2.40. The molecule has 1 rings (SSSR count). The molecule has 0 aliphatic rings. The lowest BCUT2D eigenvalue weighted by atomic mass is 9.95. The Bertz CT molecular complexity index is 452. The summed E-state index contributed by atoms with van der Waals surface area (Å²) in [6.07, 6.45) is 0.758. The summed E-state index contributed by atoms with van der Waals surface area (Å²) >= 11 is 0. The fourth-order valence-corrected chi connectivity index (χ4v) is 1.85. The first-order valence-corrected chi connectivity index (χ1v) is 5.58. The summed E-state index contributed by atoms with van der Waals surface area (Å²) in [4.78, 5) is 12.7. The molecule has 1 aromatic rings. The highest BCUT2D eigenvalue weighted by Crippen LogP contribution is 2.24. The maximum atomic E-state index is 10.7. The van der Waals surface area contributed by atoms with E-state index in [0.717, 1.165) is 18.5 Å². The van der Waals surface area contributed by atoms with E-state index in [1.807, 2.05) is 18.0 Å². The Morgan fingerprint density at radius 2 is 2.06 bits per heavy atom. The van der Waals surface area contributed by atoms with Crippen LogP contribution in [0.15, 0.2) is 18.2 Å². The zero-order valence-electron chi connectivity index (χ0n) is 10.8. The molecule has 17 heavy (non-hydrogen) atoms. The van der Waals surface area contributed by atoms with Crippen LogP contribution in [0, 0.1) is 16.7 Å². The van der Waals surface area contributed by atoms with E-state index < -0.39 is 0 Å². The van der Waals surface area contributed by atoms with E-state index in [-0.39, 0.29) is 5.41 Å². The number of nitriles is 1. The minimum atomic E-state index is 0.158. The monoisotopic (exact) mass is 230 g/mol. The maximum Gasteiger partial charge on any atom is 0.150 e. The number of benzene rings is 1. The van der Waals surface area contributed by atoms with Crippen molar-refractivity contribution in [3.05, 3.63) is 29.3 Å². The van der Waals surface area contributed by atoms with Crippen LogP contribution in [-0.2, 0) is 0 Å². The third-order valence-electron chi connectivity index (χ3n) is 2.40. The van der Waals surface area contributed by atoms with Crippen molar-refractivity contribution in [3.63, 3.8) is 0 Å². The van der Waals surface area contributed by atoms with Gasteiger partial charge in [0.05, 0.1) is 11.3 Å². The summed E-state index contributed by atoms with van der Waals surface area (Å²) < 4.78 is 0. The van der Waals surface area contributed by atoms with Crippen molar-refractivity contribution >= 4 is 12.0 Å². The highest BCUT2D eigenvalue weighted by molar-refractivity contribution is 5.78. The van der Waals surface area contributed by atoms with Gasteiger partial charge in [0.25, 0.3) is 0 Å². The molecule has 90 valence electrons. The van der Waals surface area contributed by atoms with Crippen molar-refractivity contribution in [2.45, 2.75) is 20.8 Å². The first kappa shape index (κ1) is 13.2. The quantitative estimate of drug-likeness (QED) is 0.750. The maximum absolute atomic E-state index is 10.7. The molecule has 1 aromatic carbocycles. The molecule has 0 saturated heterocycles. The molecule has 0 unspecified atom stereocenters. The highest BCUT2D eigenvalue weighted by atomic mass is 16.1. The summed E-state index contributed by atoms with van der Waals surface area (Å²) in [7, 11) is 1.96. The Kier molecular flexibility index (Phi) is 3.90.